The smallest absolute Gasteiger partial charge is 0.315 e. The molecule has 0 aliphatic carbocycles. The number of primary sulfonamides is 1. The zero-order chi connectivity index (χ0) is 19.5. The van der Waals surface area contributed by atoms with Crippen LogP contribution in [0.2, 0.25) is 10.0 Å². The van der Waals surface area contributed by atoms with Gasteiger partial charge in [-0.25, -0.2) is 18.4 Å². The predicted octanol–water partition coefficient (Wildman–Crippen LogP) is 3.76. The van der Waals surface area contributed by atoms with E-state index in [9.17, 15) is 13.2 Å². The van der Waals surface area contributed by atoms with Crippen molar-refractivity contribution >= 4 is 39.3 Å². The highest BCUT2D eigenvalue weighted by molar-refractivity contribution is 7.89. The molecule has 0 saturated heterocycles. The van der Waals surface area contributed by atoms with Crippen molar-refractivity contribution in [3.63, 3.8) is 0 Å². The molecule has 0 radical (unpaired) electrons. The highest BCUT2D eigenvalue weighted by Crippen LogP contribution is 2.26. The maximum absolute atomic E-state index is 12.2. The van der Waals surface area contributed by atoms with Crippen LogP contribution in [-0.2, 0) is 10.0 Å². The van der Waals surface area contributed by atoms with Crippen LogP contribution in [0.15, 0.2) is 47.4 Å². The molecule has 26 heavy (non-hydrogen) atoms. The Labute approximate surface area is 162 Å². The lowest BCUT2D eigenvalue weighted by Crippen LogP contribution is -2.38. The van der Waals surface area contributed by atoms with E-state index in [0.717, 1.165) is 11.1 Å². The molecule has 0 aliphatic rings. The summed E-state index contributed by atoms with van der Waals surface area (Å²) in [6, 6.07) is 10.0. The van der Waals surface area contributed by atoms with Gasteiger partial charge in [-0.3, -0.25) is 0 Å². The lowest BCUT2D eigenvalue weighted by molar-refractivity contribution is 0.235. The third kappa shape index (κ3) is 5.35. The molecular formula is C17H19Cl2N3O3S. The lowest BCUT2D eigenvalue weighted by Gasteiger charge is -2.19. The number of carbonyl (C=O) groups excluding carboxylic acids is 1. The van der Waals surface area contributed by atoms with Crippen molar-refractivity contribution in [2.75, 3.05) is 0 Å². The molecule has 0 bridgehead atoms. The van der Waals surface area contributed by atoms with Gasteiger partial charge in [-0.05, 0) is 49.2 Å². The van der Waals surface area contributed by atoms with E-state index in [1.54, 1.807) is 44.2 Å². The molecule has 0 aromatic heterocycles. The molecule has 2 aromatic rings. The van der Waals surface area contributed by atoms with Gasteiger partial charge in [-0.1, -0.05) is 41.4 Å². The summed E-state index contributed by atoms with van der Waals surface area (Å²) in [6.45, 7) is 3.59. The number of halogens is 2. The van der Waals surface area contributed by atoms with Gasteiger partial charge in [0.25, 0.3) is 0 Å². The van der Waals surface area contributed by atoms with Gasteiger partial charge in [0.2, 0.25) is 10.0 Å². The van der Waals surface area contributed by atoms with Crippen molar-refractivity contribution in [3.8, 4) is 0 Å². The minimum absolute atomic E-state index is 0.0175. The van der Waals surface area contributed by atoms with Crippen molar-refractivity contribution in [1.82, 2.24) is 10.6 Å². The lowest BCUT2D eigenvalue weighted by atomic mass is 10.1. The molecule has 0 unspecified atom stereocenters. The molecule has 140 valence electrons. The highest BCUT2D eigenvalue weighted by atomic mass is 35.5. The normalized spacial score (nSPS) is 13.7. The summed E-state index contributed by atoms with van der Waals surface area (Å²) in [6.07, 6.45) is 0. The van der Waals surface area contributed by atoms with Gasteiger partial charge < -0.3 is 10.6 Å². The molecule has 2 rings (SSSR count). The third-order valence-corrected chi connectivity index (χ3v) is 5.32. The minimum Gasteiger partial charge on any atom is -0.332 e. The second-order valence-electron chi connectivity index (χ2n) is 5.84. The van der Waals surface area contributed by atoms with Gasteiger partial charge in [0.15, 0.2) is 0 Å². The number of hydrogen-bond donors (Lipinski definition) is 3. The average molecular weight is 416 g/mol. The van der Waals surface area contributed by atoms with Crippen LogP contribution in [0.25, 0.3) is 0 Å². The second kappa shape index (κ2) is 8.26. The van der Waals surface area contributed by atoms with Crippen LogP contribution in [0.5, 0.6) is 0 Å². The fourth-order valence-electron chi connectivity index (χ4n) is 2.39. The van der Waals surface area contributed by atoms with Gasteiger partial charge in [0.1, 0.15) is 0 Å². The van der Waals surface area contributed by atoms with Gasteiger partial charge in [-0.15, -0.1) is 0 Å². The molecule has 0 aliphatic heterocycles. The van der Waals surface area contributed by atoms with E-state index in [0.29, 0.717) is 10.0 Å². The Hall–Kier alpha value is -1.80. The molecule has 4 N–H and O–H groups in total. The molecule has 0 heterocycles. The monoisotopic (exact) mass is 415 g/mol. The Morgan fingerprint density at radius 3 is 2.12 bits per heavy atom. The Morgan fingerprint density at radius 1 is 1.00 bits per heavy atom. The zero-order valence-electron chi connectivity index (χ0n) is 14.2. The van der Waals surface area contributed by atoms with Crippen LogP contribution in [0, 0.1) is 0 Å². The number of sulfonamides is 1. The van der Waals surface area contributed by atoms with E-state index in [2.05, 4.69) is 10.6 Å². The van der Waals surface area contributed by atoms with E-state index in [1.807, 2.05) is 0 Å². The van der Waals surface area contributed by atoms with E-state index in [4.69, 9.17) is 28.3 Å². The van der Waals surface area contributed by atoms with Gasteiger partial charge >= 0.3 is 6.03 Å². The van der Waals surface area contributed by atoms with Crippen LogP contribution in [0.3, 0.4) is 0 Å². The molecule has 0 spiro atoms. The maximum atomic E-state index is 12.2. The molecule has 2 aromatic carbocycles. The first kappa shape index (κ1) is 20.5. The first-order chi connectivity index (χ1) is 12.1. The van der Waals surface area contributed by atoms with Crippen LogP contribution < -0.4 is 15.8 Å². The Balaban J connectivity index is 2.00. The topological polar surface area (TPSA) is 101 Å². The van der Waals surface area contributed by atoms with E-state index in [1.165, 1.54) is 12.1 Å². The summed E-state index contributed by atoms with van der Waals surface area (Å²) >= 11 is 12.0. The second-order valence-corrected chi connectivity index (χ2v) is 8.25. The standard InChI is InChI=1S/C17H19Cl2N3O3S/c1-10(12-3-6-14(7-4-12)26(20,24)25)21-17(23)22-11(2)15-8-5-13(18)9-16(15)19/h3-11H,1-2H3,(H2,20,24,25)(H2,21,22,23)/t10-,11-/m1/s1. The Kier molecular flexibility index (Phi) is 6.52. The number of nitrogens with one attached hydrogen (secondary N) is 2. The largest absolute Gasteiger partial charge is 0.332 e. The van der Waals surface area contributed by atoms with Gasteiger partial charge in [0.05, 0.1) is 17.0 Å². The first-order valence-corrected chi connectivity index (χ1v) is 10.0. The molecule has 2 amide bonds. The zero-order valence-corrected chi connectivity index (χ0v) is 16.5. The number of urea groups is 1. The van der Waals surface area contributed by atoms with E-state index >= 15 is 0 Å². The van der Waals surface area contributed by atoms with Crippen molar-refractivity contribution in [3.05, 3.63) is 63.6 Å². The number of benzene rings is 2. The number of nitrogens with two attached hydrogens (primary N) is 1. The number of carbonyl (C=O) groups is 1. The summed E-state index contributed by atoms with van der Waals surface area (Å²) in [5, 5.41) is 11.6. The van der Waals surface area contributed by atoms with Crippen LogP contribution in [0.4, 0.5) is 4.79 Å². The summed E-state index contributed by atoms with van der Waals surface area (Å²) in [4.78, 5) is 12.2. The van der Waals surface area contributed by atoms with Crippen molar-refractivity contribution < 1.29 is 13.2 Å². The van der Waals surface area contributed by atoms with Crippen molar-refractivity contribution in [2.24, 2.45) is 5.14 Å². The fraction of sp³-hybridized carbons (Fsp3) is 0.235. The summed E-state index contributed by atoms with van der Waals surface area (Å²) in [7, 11) is -3.74. The summed E-state index contributed by atoms with van der Waals surface area (Å²) < 4.78 is 22.6. The molecule has 6 nitrogen and oxygen atoms in total. The number of rotatable bonds is 5. The van der Waals surface area contributed by atoms with E-state index < -0.39 is 10.0 Å². The molecule has 0 fully saturated rings. The maximum Gasteiger partial charge on any atom is 0.315 e. The quantitative estimate of drug-likeness (QED) is 0.692. The minimum atomic E-state index is -3.74. The Morgan fingerprint density at radius 2 is 1.58 bits per heavy atom. The SMILES string of the molecule is C[C@@H](NC(=O)N[C@H](C)c1ccc(Cl)cc1Cl)c1ccc(S(N)(=O)=O)cc1. The predicted molar refractivity (Wildman–Crippen MR) is 103 cm³/mol. The summed E-state index contributed by atoms with van der Waals surface area (Å²) in [5.74, 6) is 0. The Bertz CT molecular complexity index is 902. The van der Waals surface area contributed by atoms with Crippen LogP contribution in [-0.4, -0.2) is 14.4 Å². The molecular weight excluding hydrogens is 397 g/mol. The third-order valence-electron chi connectivity index (χ3n) is 3.83. The van der Waals surface area contributed by atoms with Crippen molar-refractivity contribution in [1.29, 1.82) is 0 Å². The van der Waals surface area contributed by atoms with Gasteiger partial charge in [0, 0.05) is 10.0 Å². The number of hydrogen-bond acceptors (Lipinski definition) is 3. The van der Waals surface area contributed by atoms with Gasteiger partial charge in [-0.2, -0.15) is 0 Å². The molecule has 9 heteroatoms. The van der Waals surface area contributed by atoms with Crippen LogP contribution >= 0.6 is 23.2 Å². The van der Waals surface area contributed by atoms with Crippen molar-refractivity contribution in [2.45, 2.75) is 30.8 Å². The highest BCUT2D eigenvalue weighted by Gasteiger charge is 2.16. The summed E-state index contributed by atoms with van der Waals surface area (Å²) in [5.41, 5.74) is 1.49. The first-order valence-electron chi connectivity index (χ1n) is 7.72. The van der Waals surface area contributed by atoms with E-state index in [-0.39, 0.29) is 23.0 Å². The fourth-order valence-corrected chi connectivity index (χ4v) is 3.48. The molecule has 0 saturated carbocycles. The number of amides is 2. The average Bonchev–Trinajstić information content (AvgIpc) is 2.53. The van der Waals surface area contributed by atoms with Crippen LogP contribution in [0.1, 0.15) is 37.1 Å². The molecule has 2 atom stereocenters.